The van der Waals surface area contributed by atoms with Gasteiger partial charge in [-0.25, -0.2) is 0 Å². The summed E-state index contributed by atoms with van der Waals surface area (Å²) >= 11 is 0. The summed E-state index contributed by atoms with van der Waals surface area (Å²) in [5, 5.41) is 3.69. The Bertz CT molecular complexity index is 203. The Hall–Kier alpha value is -0.0800. The number of hydrogen-bond donors (Lipinski definition) is 1. The Labute approximate surface area is 108 Å². The molecule has 0 spiro atoms. The highest BCUT2D eigenvalue weighted by molar-refractivity contribution is 4.85. The number of rotatable bonds is 6. The fourth-order valence-corrected chi connectivity index (χ4v) is 3.04. The van der Waals surface area contributed by atoms with Crippen molar-refractivity contribution in [2.24, 2.45) is 11.8 Å². The summed E-state index contributed by atoms with van der Waals surface area (Å²) in [6, 6.07) is 1.50. The molecule has 1 heterocycles. The molecule has 3 atom stereocenters. The normalized spacial score (nSPS) is 28.6. The number of nitrogens with one attached hydrogen (secondary N) is 1. The molecule has 1 N–H and O–H groups in total. The van der Waals surface area contributed by atoms with Crippen LogP contribution in [0.25, 0.3) is 0 Å². The van der Waals surface area contributed by atoms with E-state index in [1.165, 1.54) is 38.9 Å². The van der Waals surface area contributed by atoms with E-state index in [4.69, 9.17) is 0 Å². The maximum absolute atomic E-state index is 3.69. The van der Waals surface area contributed by atoms with Crippen LogP contribution in [0, 0.1) is 11.8 Å². The third-order valence-electron chi connectivity index (χ3n) is 4.03. The van der Waals surface area contributed by atoms with Crippen LogP contribution < -0.4 is 5.32 Å². The summed E-state index contributed by atoms with van der Waals surface area (Å²) < 4.78 is 0. The van der Waals surface area contributed by atoms with E-state index >= 15 is 0 Å². The summed E-state index contributed by atoms with van der Waals surface area (Å²) in [7, 11) is 0. The van der Waals surface area contributed by atoms with Crippen LogP contribution in [-0.4, -0.2) is 36.6 Å². The molecule has 0 aliphatic carbocycles. The predicted molar refractivity (Wildman–Crippen MR) is 76.4 cm³/mol. The average Bonchev–Trinajstić information content (AvgIpc) is 2.26. The van der Waals surface area contributed by atoms with Crippen molar-refractivity contribution in [1.82, 2.24) is 10.2 Å². The van der Waals surface area contributed by atoms with E-state index in [1.54, 1.807) is 0 Å². The molecule has 102 valence electrons. The minimum Gasteiger partial charge on any atom is -0.314 e. The summed E-state index contributed by atoms with van der Waals surface area (Å²) in [6.45, 7) is 15.4. The van der Waals surface area contributed by atoms with Crippen LogP contribution in [0.1, 0.15) is 53.9 Å². The van der Waals surface area contributed by atoms with Crippen LogP contribution in [0.5, 0.6) is 0 Å². The highest BCUT2D eigenvalue weighted by Gasteiger charge is 2.27. The SMILES string of the molecule is CCCNC1CCN(C(C)CC(C)C)CC1C. The molecule has 0 saturated carbocycles. The number of nitrogens with zero attached hydrogens (tertiary/aromatic N) is 1. The Morgan fingerprint density at radius 1 is 1.29 bits per heavy atom. The molecular formula is C15H32N2. The maximum Gasteiger partial charge on any atom is 0.0117 e. The minimum absolute atomic E-state index is 0.748. The van der Waals surface area contributed by atoms with Gasteiger partial charge < -0.3 is 10.2 Å². The Morgan fingerprint density at radius 3 is 2.53 bits per heavy atom. The molecule has 2 nitrogen and oxygen atoms in total. The monoisotopic (exact) mass is 240 g/mol. The van der Waals surface area contributed by atoms with Crippen LogP contribution in [0.3, 0.4) is 0 Å². The minimum atomic E-state index is 0.748. The third kappa shape index (κ3) is 4.97. The molecule has 0 aromatic carbocycles. The lowest BCUT2D eigenvalue weighted by atomic mass is 9.91. The molecule has 0 radical (unpaired) electrons. The molecule has 2 heteroatoms. The molecule has 17 heavy (non-hydrogen) atoms. The number of piperidine rings is 1. The summed E-state index contributed by atoms with van der Waals surface area (Å²) in [4.78, 5) is 2.69. The van der Waals surface area contributed by atoms with Gasteiger partial charge in [0.2, 0.25) is 0 Å². The van der Waals surface area contributed by atoms with Crippen LogP contribution in [-0.2, 0) is 0 Å². The van der Waals surface area contributed by atoms with Gasteiger partial charge in [0, 0.05) is 18.6 Å². The highest BCUT2D eigenvalue weighted by Crippen LogP contribution is 2.21. The van der Waals surface area contributed by atoms with Gasteiger partial charge in [0.15, 0.2) is 0 Å². The Kier molecular flexibility index (Phi) is 6.50. The van der Waals surface area contributed by atoms with Crippen molar-refractivity contribution in [2.45, 2.75) is 66.0 Å². The van der Waals surface area contributed by atoms with Crippen LogP contribution in [0.2, 0.25) is 0 Å². The van der Waals surface area contributed by atoms with E-state index in [9.17, 15) is 0 Å². The van der Waals surface area contributed by atoms with Crippen LogP contribution in [0.15, 0.2) is 0 Å². The standard InChI is InChI=1S/C15H32N2/c1-6-8-16-15-7-9-17(11-13(15)4)14(5)10-12(2)3/h12-16H,6-11H2,1-5H3. The first-order valence-electron chi connectivity index (χ1n) is 7.52. The van der Waals surface area contributed by atoms with Crippen molar-refractivity contribution in [3.05, 3.63) is 0 Å². The second-order valence-corrected chi connectivity index (χ2v) is 6.30. The van der Waals surface area contributed by atoms with E-state index in [2.05, 4.69) is 44.8 Å². The van der Waals surface area contributed by atoms with Gasteiger partial charge in [0.05, 0.1) is 0 Å². The zero-order valence-electron chi connectivity index (χ0n) is 12.5. The van der Waals surface area contributed by atoms with E-state index in [0.29, 0.717) is 0 Å². The molecule has 1 fully saturated rings. The van der Waals surface area contributed by atoms with Gasteiger partial charge in [0.1, 0.15) is 0 Å². The molecule has 0 aromatic heterocycles. The largest absolute Gasteiger partial charge is 0.314 e. The zero-order chi connectivity index (χ0) is 12.8. The van der Waals surface area contributed by atoms with E-state index < -0.39 is 0 Å². The molecule has 1 saturated heterocycles. The molecule has 0 aromatic rings. The zero-order valence-corrected chi connectivity index (χ0v) is 12.5. The second kappa shape index (κ2) is 7.38. The van der Waals surface area contributed by atoms with Gasteiger partial charge in [-0.15, -0.1) is 0 Å². The lowest BCUT2D eigenvalue weighted by Gasteiger charge is -2.41. The summed E-state index contributed by atoms with van der Waals surface area (Å²) in [6.07, 6.45) is 3.90. The van der Waals surface area contributed by atoms with Crippen molar-refractivity contribution in [3.63, 3.8) is 0 Å². The fourth-order valence-electron chi connectivity index (χ4n) is 3.04. The van der Waals surface area contributed by atoms with Gasteiger partial charge in [0.25, 0.3) is 0 Å². The average molecular weight is 240 g/mol. The molecule has 1 aliphatic rings. The Balaban J connectivity index is 2.35. The van der Waals surface area contributed by atoms with Crippen molar-refractivity contribution in [2.75, 3.05) is 19.6 Å². The summed E-state index contributed by atoms with van der Waals surface area (Å²) in [5.41, 5.74) is 0. The smallest absolute Gasteiger partial charge is 0.0117 e. The Morgan fingerprint density at radius 2 is 2.00 bits per heavy atom. The predicted octanol–water partition coefficient (Wildman–Crippen LogP) is 3.13. The molecule has 0 amide bonds. The first-order valence-corrected chi connectivity index (χ1v) is 7.52. The van der Waals surface area contributed by atoms with Gasteiger partial charge in [-0.05, 0) is 51.1 Å². The van der Waals surface area contributed by atoms with Crippen molar-refractivity contribution in [1.29, 1.82) is 0 Å². The van der Waals surface area contributed by atoms with E-state index in [1.807, 2.05) is 0 Å². The van der Waals surface area contributed by atoms with Gasteiger partial charge in [-0.2, -0.15) is 0 Å². The van der Waals surface area contributed by atoms with Gasteiger partial charge >= 0.3 is 0 Å². The molecule has 1 rings (SSSR count). The lowest BCUT2D eigenvalue weighted by molar-refractivity contribution is 0.101. The van der Waals surface area contributed by atoms with Crippen molar-refractivity contribution >= 4 is 0 Å². The highest BCUT2D eigenvalue weighted by atomic mass is 15.2. The number of likely N-dealkylation sites (tertiary alicyclic amines) is 1. The topological polar surface area (TPSA) is 15.3 Å². The van der Waals surface area contributed by atoms with Crippen molar-refractivity contribution < 1.29 is 0 Å². The molecule has 0 bridgehead atoms. The summed E-state index contributed by atoms with van der Waals surface area (Å²) in [5.74, 6) is 1.61. The van der Waals surface area contributed by atoms with Crippen LogP contribution >= 0.6 is 0 Å². The molecular weight excluding hydrogens is 208 g/mol. The molecule has 1 aliphatic heterocycles. The first-order chi connectivity index (χ1) is 8.04. The van der Waals surface area contributed by atoms with Crippen molar-refractivity contribution in [3.8, 4) is 0 Å². The second-order valence-electron chi connectivity index (χ2n) is 6.30. The van der Waals surface area contributed by atoms with Gasteiger partial charge in [-0.3, -0.25) is 0 Å². The first kappa shape index (κ1) is 15.0. The fraction of sp³-hybridized carbons (Fsp3) is 1.00. The van der Waals surface area contributed by atoms with Crippen LogP contribution in [0.4, 0.5) is 0 Å². The third-order valence-corrected chi connectivity index (χ3v) is 4.03. The van der Waals surface area contributed by atoms with Gasteiger partial charge in [-0.1, -0.05) is 27.7 Å². The van der Waals surface area contributed by atoms with E-state index in [-0.39, 0.29) is 0 Å². The number of hydrogen-bond acceptors (Lipinski definition) is 2. The quantitative estimate of drug-likeness (QED) is 0.767. The van der Waals surface area contributed by atoms with E-state index in [0.717, 1.165) is 23.9 Å². The molecule has 3 unspecified atom stereocenters. The lowest BCUT2D eigenvalue weighted by Crippen LogP contribution is -2.51. The maximum atomic E-state index is 3.69.